The summed E-state index contributed by atoms with van der Waals surface area (Å²) in [6, 6.07) is 12.8. The smallest absolute Gasteiger partial charge is 0.352 e. The van der Waals surface area contributed by atoms with Gasteiger partial charge in [0.15, 0.2) is 0 Å². The number of alkyl halides is 3. The Hall–Kier alpha value is -3.08. The van der Waals surface area contributed by atoms with E-state index in [0.29, 0.717) is 6.42 Å². The average molecular weight is 568 g/mol. The fraction of sp³-hybridized carbons (Fsp3) is 0.500. The first-order valence-corrected chi connectivity index (χ1v) is 15.0. The molecule has 1 aliphatic carbocycles. The summed E-state index contributed by atoms with van der Waals surface area (Å²) in [5.41, 5.74) is -0.235. The number of benzene rings is 2. The molecular formula is C28H36F3N3O4S. The highest BCUT2D eigenvalue weighted by Crippen LogP contribution is 2.32. The van der Waals surface area contributed by atoms with Gasteiger partial charge in [-0.1, -0.05) is 56.2 Å². The molecule has 7 nitrogen and oxygen atoms in total. The number of rotatable bonds is 12. The maximum Gasteiger partial charge on any atom is 0.416 e. The summed E-state index contributed by atoms with van der Waals surface area (Å²) in [5, 5.41) is 3.07. The topological polar surface area (TPSA) is 86.8 Å². The second-order valence-electron chi connectivity index (χ2n) is 9.91. The highest BCUT2D eigenvalue weighted by molar-refractivity contribution is 7.92. The Morgan fingerprint density at radius 2 is 1.72 bits per heavy atom. The van der Waals surface area contributed by atoms with Crippen LogP contribution in [0.25, 0.3) is 0 Å². The normalized spacial score (nSPS) is 15.1. The summed E-state index contributed by atoms with van der Waals surface area (Å²) in [5.74, 6) is -0.542. The molecule has 11 heteroatoms. The van der Waals surface area contributed by atoms with Crippen LogP contribution >= 0.6 is 0 Å². The van der Waals surface area contributed by atoms with E-state index in [1.165, 1.54) is 11.0 Å². The summed E-state index contributed by atoms with van der Waals surface area (Å²) in [6.07, 6.45) is 0.597. The lowest BCUT2D eigenvalue weighted by atomic mass is 10.1. The highest BCUT2D eigenvalue weighted by atomic mass is 32.2. The van der Waals surface area contributed by atoms with E-state index in [4.69, 9.17) is 0 Å². The van der Waals surface area contributed by atoms with Crippen LogP contribution in [0.2, 0.25) is 0 Å². The van der Waals surface area contributed by atoms with E-state index in [1.54, 1.807) is 0 Å². The van der Waals surface area contributed by atoms with Crippen LogP contribution in [0, 0.1) is 0 Å². The maximum atomic E-state index is 13.5. The molecule has 2 amide bonds. The van der Waals surface area contributed by atoms with E-state index >= 15 is 0 Å². The van der Waals surface area contributed by atoms with Crippen molar-refractivity contribution in [2.75, 3.05) is 17.1 Å². The van der Waals surface area contributed by atoms with E-state index in [-0.39, 0.29) is 49.5 Å². The lowest BCUT2D eigenvalue weighted by Gasteiger charge is -2.32. The molecule has 1 saturated carbocycles. The van der Waals surface area contributed by atoms with Gasteiger partial charge in [-0.15, -0.1) is 0 Å². The number of sulfonamides is 1. The van der Waals surface area contributed by atoms with Crippen molar-refractivity contribution in [2.24, 2.45) is 0 Å². The van der Waals surface area contributed by atoms with Gasteiger partial charge in [0, 0.05) is 25.6 Å². The van der Waals surface area contributed by atoms with Crippen molar-refractivity contribution in [1.29, 1.82) is 0 Å². The Morgan fingerprint density at radius 1 is 1.05 bits per heavy atom. The Morgan fingerprint density at radius 3 is 2.31 bits per heavy atom. The molecule has 0 unspecified atom stereocenters. The van der Waals surface area contributed by atoms with Crippen LogP contribution in [-0.2, 0) is 32.3 Å². The summed E-state index contributed by atoms with van der Waals surface area (Å²) in [4.78, 5) is 28.2. The fourth-order valence-corrected chi connectivity index (χ4v) is 5.87. The first-order valence-electron chi connectivity index (χ1n) is 13.2. The van der Waals surface area contributed by atoms with Gasteiger partial charge in [0.25, 0.3) is 0 Å². The summed E-state index contributed by atoms with van der Waals surface area (Å²) < 4.78 is 65.4. The zero-order valence-electron chi connectivity index (χ0n) is 22.3. The molecule has 0 heterocycles. The zero-order chi connectivity index (χ0) is 28.6. The number of halogens is 3. The molecule has 1 N–H and O–H groups in total. The van der Waals surface area contributed by atoms with Gasteiger partial charge >= 0.3 is 6.18 Å². The van der Waals surface area contributed by atoms with Crippen LogP contribution in [0.1, 0.15) is 63.0 Å². The molecule has 0 radical (unpaired) electrons. The molecule has 0 aromatic heterocycles. The fourth-order valence-electron chi connectivity index (χ4n) is 4.91. The number of hydrogen-bond donors (Lipinski definition) is 1. The standard InChI is InChI=1S/C28H36F3N3O4S/c1-3-25(27(36)32-23-14-7-8-15-23)33(20-21-11-5-4-6-12-21)26(35)17-10-18-34(39(2,37)38)24-16-9-13-22(19-24)28(29,30)31/h4-6,9,11-13,16,19,23,25H,3,7-8,10,14-15,17-18,20H2,1-2H3,(H,32,36)/t25-/m0/s1. The second kappa shape index (κ2) is 13.3. The number of nitrogens with zero attached hydrogens (tertiary/aromatic N) is 2. The van der Waals surface area contributed by atoms with Crippen molar-refractivity contribution in [3.05, 3.63) is 65.7 Å². The molecule has 0 spiro atoms. The number of carbonyl (C=O) groups excluding carboxylic acids is 2. The third kappa shape index (κ3) is 8.71. The van der Waals surface area contributed by atoms with Gasteiger partial charge in [0.1, 0.15) is 6.04 Å². The van der Waals surface area contributed by atoms with Gasteiger partial charge in [-0.2, -0.15) is 13.2 Å². The Kier molecular flexibility index (Phi) is 10.4. The molecule has 2 aromatic rings. The number of carbonyl (C=O) groups is 2. The Balaban J connectivity index is 1.76. The van der Waals surface area contributed by atoms with Crippen LogP contribution in [0.3, 0.4) is 0 Å². The lowest BCUT2D eigenvalue weighted by molar-refractivity contribution is -0.141. The van der Waals surface area contributed by atoms with Crippen molar-refractivity contribution >= 4 is 27.5 Å². The van der Waals surface area contributed by atoms with Gasteiger partial charge in [0.05, 0.1) is 17.5 Å². The van der Waals surface area contributed by atoms with Gasteiger partial charge in [-0.3, -0.25) is 13.9 Å². The molecule has 1 atom stereocenters. The van der Waals surface area contributed by atoms with Gasteiger partial charge in [-0.25, -0.2) is 8.42 Å². The van der Waals surface area contributed by atoms with E-state index in [9.17, 15) is 31.2 Å². The zero-order valence-corrected chi connectivity index (χ0v) is 23.1. The third-order valence-corrected chi connectivity index (χ3v) is 8.09. The molecule has 1 aliphatic rings. The molecule has 3 rings (SSSR count). The summed E-state index contributed by atoms with van der Waals surface area (Å²) >= 11 is 0. The van der Waals surface area contributed by atoms with Crippen molar-refractivity contribution in [2.45, 2.75) is 76.7 Å². The van der Waals surface area contributed by atoms with Gasteiger partial charge in [0.2, 0.25) is 21.8 Å². The molecule has 0 aliphatic heterocycles. The highest BCUT2D eigenvalue weighted by Gasteiger charge is 2.32. The summed E-state index contributed by atoms with van der Waals surface area (Å²) in [6.45, 7) is 1.86. The molecule has 39 heavy (non-hydrogen) atoms. The van der Waals surface area contributed by atoms with E-state index in [1.807, 2.05) is 37.3 Å². The molecular weight excluding hydrogens is 531 g/mol. The monoisotopic (exact) mass is 567 g/mol. The van der Waals surface area contributed by atoms with Crippen molar-refractivity contribution < 1.29 is 31.2 Å². The molecule has 1 fully saturated rings. The van der Waals surface area contributed by atoms with Crippen LogP contribution in [0.4, 0.5) is 18.9 Å². The minimum atomic E-state index is -4.62. The van der Waals surface area contributed by atoms with Gasteiger partial charge < -0.3 is 10.2 Å². The first kappa shape index (κ1) is 30.5. The quantitative estimate of drug-likeness (QED) is 0.386. The Labute approximate surface area is 228 Å². The van der Waals surface area contributed by atoms with Crippen LogP contribution in [0.5, 0.6) is 0 Å². The summed E-state index contributed by atoms with van der Waals surface area (Å²) in [7, 11) is -3.92. The van der Waals surface area contributed by atoms with Crippen molar-refractivity contribution in [1.82, 2.24) is 10.2 Å². The minimum absolute atomic E-state index is 0.0636. The van der Waals surface area contributed by atoms with E-state index in [2.05, 4.69) is 5.32 Å². The molecule has 0 saturated heterocycles. The molecule has 2 aromatic carbocycles. The average Bonchev–Trinajstić information content (AvgIpc) is 3.39. The van der Waals surface area contributed by atoms with E-state index < -0.39 is 27.8 Å². The Bertz CT molecular complexity index is 1220. The number of hydrogen-bond acceptors (Lipinski definition) is 4. The number of nitrogens with one attached hydrogen (secondary N) is 1. The first-order chi connectivity index (χ1) is 18.4. The van der Waals surface area contributed by atoms with Crippen LogP contribution in [0.15, 0.2) is 54.6 Å². The SMILES string of the molecule is CC[C@@H](C(=O)NC1CCCC1)N(Cc1ccccc1)C(=O)CCCN(c1cccc(C(F)(F)F)c1)S(C)(=O)=O. The number of anilines is 1. The number of amides is 2. The third-order valence-electron chi connectivity index (χ3n) is 6.90. The van der Waals surface area contributed by atoms with Gasteiger partial charge in [-0.05, 0) is 49.4 Å². The van der Waals surface area contributed by atoms with Crippen molar-refractivity contribution in [3.8, 4) is 0 Å². The maximum absolute atomic E-state index is 13.5. The molecule has 214 valence electrons. The van der Waals surface area contributed by atoms with Crippen molar-refractivity contribution in [3.63, 3.8) is 0 Å². The van der Waals surface area contributed by atoms with Crippen LogP contribution < -0.4 is 9.62 Å². The van der Waals surface area contributed by atoms with Crippen LogP contribution in [-0.4, -0.2) is 50.0 Å². The van der Waals surface area contributed by atoms with E-state index in [0.717, 1.165) is 60.0 Å². The predicted octanol–water partition coefficient (Wildman–Crippen LogP) is 5.12. The largest absolute Gasteiger partial charge is 0.416 e. The second-order valence-corrected chi connectivity index (χ2v) is 11.8. The molecule has 0 bridgehead atoms. The predicted molar refractivity (Wildman–Crippen MR) is 144 cm³/mol. The minimum Gasteiger partial charge on any atom is -0.352 e. The lowest BCUT2D eigenvalue weighted by Crippen LogP contribution is -2.51.